The number of rotatable bonds is 10. The number of carbonyl (C=O) groups excluding carboxylic acids is 2. The average molecular weight is 335 g/mol. The first-order chi connectivity index (χ1) is 11.3. The van der Waals surface area contributed by atoms with E-state index in [-0.39, 0.29) is 37.0 Å². The van der Waals surface area contributed by atoms with Crippen LogP contribution >= 0.6 is 0 Å². The summed E-state index contributed by atoms with van der Waals surface area (Å²) in [7, 11) is 1.55. The Hall–Kier alpha value is -2.37. The molecule has 6 nitrogen and oxygen atoms in total. The minimum Gasteiger partial charge on any atom is -0.497 e. The lowest BCUT2D eigenvalue weighted by molar-refractivity contribution is -0.142. The zero-order valence-corrected chi connectivity index (χ0v) is 14.4. The van der Waals surface area contributed by atoms with Crippen LogP contribution in [-0.4, -0.2) is 36.4 Å². The second-order valence-electron chi connectivity index (χ2n) is 6.12. The van der Waals surface area contributed by atoms with Crippen molar-refractivity contribution >= 4 is 17.7 Å². The second-order valence-corrected chi connectivity index (χ2v) is 6.12. The van der Waals surface area contributed by atoms with Crippen molar-refractivity contribution in [2.45, 2.75) is 33.1 Å². The van der Waals surface area contributed by atoms with Crippen LogP contribution in [0.25, 0.3) is 0 Å². The highest BCUT2D eigenvalue weighted by molar-refractivity contribution is 5.98. The number of benzene rings is 1. The van der Waals surface area contributed by atoms with Gasteiger partial charge < -0.3 is 15.2 Å². The summed E-state index contributed by atoms with van der Waals surface area (Å²) in [6.45, 7) is 3.96. The Labute approximate surface area is 142 Å². The van der Waals surface area contributed by atoms with Crippen LogP contribution in [0.5, 0.6) is 5.75 Å². The molecule has 1 aromatic rings. The molecule has 0 saturated carbocycles. The standard InChI is InChI=1S/C18H25NO5/c1-12(2)10-14(18(22)23)11-19-17(21)9-8-16(20)13-4-6-15(24-3)7-5-13/h4-7,12,14H,8-11H2,1-3H3,(H,19,21)(H,22,23). The first-order valence-electron chi connectivity index (χ1n) is 8.00. The largest absolute Gasteiger partial charge is 0.497 e. The van der Waals surface area contributed by atoms with Gasteiger partial charge in [0.2, 0.25) is 5.91 Å². The molecule has 24 heavy (non-hydrogen) atoms. The van der Waals surface area contributed by atoms with Crippen LogP contribution in [0.15, 0.2) is 24.3 Å². The van der Waals surface area contributed by atoms with Gasteiger partial charge in [-0.05, 0) is 36.6 Å². The van der Waals surface area contributed by atoms with Crippen molar-refractivity contribution in [3.63, 3.8) is 0 Å². The predicted octanol–water partition coefficient (Wildman–Crippen LogP) is 2.52. The molecule has 0 aliphatic carbocycles. The van der Waals surface area contributed by atoms with Crippen LogP contribution < -0.4 is 10.1 Å². The van der Waals surface area contributed by atoms with E-state index in [9.17, 15) is 14.4 Å². The summed E-state index contributed by atoms with van der Waals surface area (Å²) >= 11 is 0. The minimum atomic E-state index is -0.918. The number of ether oxygens (including phenoxy) is 1. The summed E-state index contributed by atoms with van der Waals surface area (Å²) in [6.07, 6.45) is 0.624. The number of carbonyl (C=O) groups is 3. The summed E-state index contributed by atoms with van der Waals surface area (Å²) in [4.78, 5) is 35.0. The fraction of sp³-hybridized carbons (Fsp3) is 0.500. The van der Waals surface area contributed by atoms with Gasteiger partial charge in [-0.15, -0.1) is 0 Å². The molecule has 6 heteroatoms. The molecule has 132 valence electrons. The molecule has 0 aromatic heterocycles. The zero-order chi connectivity index (χ0) is 18.1. The van der Waals surface area contributed by atoms with E-state index in [2.05, 4.69) is 5.32 Å². The van der Waals surface area contributed by atoms with Crippen molar-refractivity contribution in [3.05, 3.63) is 29.8 Å². The maximum Gasteiger partial charge on any atom is 0.308 e. The van der Waals surface area contributed by atoms with Crippen LogP contribution in [0.2, 0.25) is 0 Å². The fourth-order valence-corrected chi connectivity index (χ4v) is 2.31. The predicted molar refractivity (Wildman–Crippen MR) is 90.1 cm³/mol. The van der Waals surface area contributed by atoms with E-state index in [1.165, 1.54) is 0 Å². The topological polar surface area (TPSA) is 92.7 Å². The van der Waals surface area contributed by atoms with Gasteiger partial charge in [0.15, 0.2) is 5.78 Å². The third-order valence-corrected chi connectivity index (χ3v) is 3.64. The molecule has 1 rings (SSSR count). The number of ketones is 1. The van der Waals surface area contributed by atoms with Gasteiger partial charge in [0.1, 0.15) is 5.75 Å². The summed E-state index contributed by atoms with van der Waals surface area (Å²) < 4.78 is 5.02. The van der Waals surface area contributed by atoms with Crippen molar-refractivity contribution in [3.8, 4) is 5.75 Å². The maximum atomic E-state index is 12.0. The summed E-state index contributed by atoms with van der Waals surface area (Å²) in [6, 6.07) is 6.69. The number of carboxylic acid groups (broad SMARTS) is 1. The molecule has 0 saturated heterocycles. The Bertz CT molecular complexity index is 565. The number of amides is 1. The smallest absolute Gasteiger partial charge is 0.308 e. The molecule has 0 fully saturated rings. The second kappa shape index (κ2) is 9.70. The molecular formula is C18H25NO5. The van der Waals surface area contributed by atoms with Crippen molar-refractivity contribution in [2.75, 3.05) is 13.7 Å². The van der Waals surface area contributed by atoms with Gasteiger partial charge >= 0.3 is 5.97 Å². The fourth-order valence-electron chi connectivity index (χ4n) is 2.31. The van der Waals surface area contributed by atoms with E-state index in [0.717, 1.165) is 0 Å². The molecule has 1 unspecified atom stereocenters. The highest BCUT2D eigenvalue weighted by Gasteiger charge is 2.19. The Morgan fingerprint density at radius 1 is 1.12 bits per heavy atom. The Balaban J connectivity index is 2.41. The van der Waals surface area contributed by atoms with Crippen LogP contribution in [0.3, 0.4) is 0 Å². The van der Waals surface area contributed by atoms with E-state index in [0.29, 0.717) is 17.7 Å². The van der Waals surface area contributed by atoms with Gasteiger partial charge in [-0.3, -0.25) is 14.4 Å². The van der Waals surface area contributed by atoms with Gasteiger partial charge in [0.25, 0.3) is 0 Å². The van der Waals surface area contributed by atoms with Gasteiger partial charge in [-0.1, -0.05) is 13.8 Å². The molecule has 0 spiro atoms. The molecule has 0 bridgehead atoms. The van der Waals surface area contributed by atoms with Crippen molar-refractivity contribution in [2.24, 2.45) is 11.8 Å². The first-order valence-corrected chi connectivity index (χ1v) is 8.00. The van der Waals surface area contributed by atoms with Crippen LogP contribution in [0.4, 0.5) is 0 Å². The molecule has 0 heterocycles. The van der Waals surface area contributed by atoms with Crippen LogP contribution in [0.1, 0.15) is 43.5 Å². The number of methoxy groups -OCH3 is 1. The summed E-state index contributed by atoms with van der Waals surface area (Å²) in [5.41, 5.74) is 0.520. The average Bonchev–Trinajstić information content (AvgIpc) is 2.55. The zero-order valence-electron chi connectivity index (χ0n) is 14.4. The van der Waals surface area contributed by atoms with Crippen molar-refractivity contribution in [1.82, 2.24) is 5.32 Å². The van der Waals surface area contributed by atoms with E-state index in [1.807, 2.05) is 13.8 Å². The Morgan fingerprint density at radius 3 is 2.25 bits per heavy atom. The minimum absolute atomic E-state index is 0.0406. The molecular weight excluding hydrogens is 310 g/mol. The lowest BCUT2D eigenvalue weighted by Crippen LogP contribution is -2.33. The molecule has 1 atom stereocenters. The third-order valence-electron chi connectivity index (χ3n) is 3.64. The van der Waals surface area contributed by atoms with Gasteiger partial charge in [-0.2, -0.15) is 0 Å². The quantitative estimate of drug-likeness (QED) is 0.641. The normalized spacial score (nSPS) is 11.8. The van der Waals surface area contributed by atoms with Crippen LogP contribution in [0, 0.1) is 11.8 Å². The van der Waals surface area contributed by atoms with Gasteiger partial charge in [-0.25, -0.2) is 0 Å². The Kier molecular flexibility index (Phi) is 7.95. The SMILES string of the molecule is COc1ccc(C(=O)CCC(=O)NCC(CC(C)C)C(=O)O)cc1. The lowest BCUT2D eigenvalue weighted by atomic mass is 9.97. The highest BCUT2D eigenvalue weighted by Crippen LogP contribution is 2.14. The summed E-state index contributed by atoms with van der Waals surface area (Å²) in [5.74, 6) is -1.07. The lowest BCUT2D eigenvalue weighted by Gasteiger charge is -2.15. The number of carboxylic acids is 1. The number of aliphatic carboxylic acids is 1. The molecule has 0 aliphatic rings. The molecule has 0 radical (unpaired) electrons. The van der Waals surface area contributed by atoms with E-state index in [1.54, 1.807) is 31.4 Å². The number of hydrogen-bond acceptors (Lipinski definition) is 4. The summed E-state index contributed by atoms with van der Waals surface area (Å²) in [5, 5.41) is 11.7. The number of hydrogen-bond donors (Lipinski definition) is 2. The van der Waals surface area contributed by atoms with Gasteiger partial charge in [0.05, 0.1) is 13.0 Å². The van der Waals surface area contributed by atoms with E-state index < -0.39 is 11.9 Å². The number of nitrogens with one attached hydrogen (secondary N) is 1. The van der Waals surface area contributed by atoms with Crippen molar-refractivity contribution in [1.29, 1.82) is 0 Å². The maximum absolute atomic E-state index is 12.0. The number of Topliss-reactive ketones (excluding diaryl/α,β-unsaturated/α-hetero) is 1. The first kappa shape index (κ1) is 19.7. The van der Waals surface area contributed by atoms with E-state index in [4.69, 9.17) is 9.84 Å². The van der Waals surface area contributed by atoms with Crippen molar-refractivity contribution < 1.29 is 24.2 Å². The van der Waals surface area contributed by atoms with Gasteiger partial charge in [0, 0.05) is 24.9 Å². The van der Waals surface area contributed by atoms with E-state index >= 15 is 0 Å². The third kappa shape index (κ3) is 6.81. The molecule has 1 amide bonds. The molecule has 0 aliphatic heterocycles. The highest BCUT2D eigenvalue weighted by atomic mass is 16.5. The van der Waals surface area contributed by atoms with Crippen LogP contribution in [-0.2, 0) is 9.59 Å². The Morgan fingerprint density at radius 2 is 1.75 bits per heavy atom. The monoisotopic (exact) mass is 335 g/mol. The molecule has 2 N–H and O–H groups in total. The molecule has 1 aromatic carbocycles.